The summed E-state index contributed by atoms with van der Waals surface area (Å²) in [4.78, 5) is 0. The summed E-state index contributed by atoms with van der Waals surface area (Å²) in [6.07, 6.45) is 17.2. The Hall–Kier alpha value is -1.56. The first-order valence-electron chi connectivity index (χ1n) is 13.9. The molecule has 0 aromatic heterocycles. The predicted molar refractivity (Wildman–Crippen MR) is 137 cm³/mol. The van der Waals surface area contributed by atoms with Crippen molar-refractivity contribution in [2.75, 3.05) is 0 Å². The van der Waals surface area contributed by atoms with Gasteiger partial charge in [-0.25, -0.2) is 0 Å². The minimum atomic E-state index is 0.681. The molecule has 32 heavy (non-hydrogen) atoms. The van der Waals surface area contributed by atoms with Crippen LogP contribution < -0.4 is 0 Å². The van der Waals surface area contributed by atoms with Crippen molar-refractivity contribution in [1.29, 1.82) is 0 Å². The Bertz CT molecular complexity index is 859. The van der Waals surface area contributed by atoms with Crippen LogP contribution in [-0.4, -0.2) is 0 Å². The van der Waals surface area contributed by atoms with Crippen LogP contribution in [0.15, 0.2) is 48.5 Å². The van der Waals surface area contributed by atoms with Crippen molar-refractivity contribution in [3.63, 3.8) is 0 Å². The van der Waals surface area contributed by atoms with Gasteiger partial charge >= 0.3 is 0 Å². The van der Waals surface area contributed by atoms with E-state index in [1.165, 1.54) is 82.6 Å². The zero-order valence-electron chi connectivity index (χ0n) is 20.6. The number of hydrogen-bond acceptors (Lipinski definition) is 0. The molecule has 0 heterocycles. The molecule has 5 rings (SSSR count). The zero-order valence-corrected chi connectivity index (χ0v) is 20.6. The van der Waals surface area contributed by atoms with E-state index >= 15 is 0 Å². The van der Waals surface area contributed by atoms with Crippen LogP contribution in [0.4, 0.5) is 0 Å². The van der Waals surface area contributed by atoms with Crippen LogP contribution in [0.2, 0.25) is 0 Å². The first-order chi connectivity index (χ1) is 15.7. The Balaban J connectivity index is 1.49. The zero-order chi connectivity index (χ0) is 21.9. The standard InChI is InChI=1S/C32H44/c1-3-23(2)29-17-10-18-31(32(29)26-19-20-26)28(21-24-11-5-4-6-12-24)22-27-15-9-14-25-13-7-8-16-30(25)27/h4-6,10-12,17-18,23,25-28,30H,3,7-9,13-16,19-22H2,1-2H3. The number of fused-ring (bicyclic) bond motifs is 1. The second-order valence-electron chi connectivity index (χ2n) is 11.5. The summed E-state index contributed by atoms with van der Waals surface area (Å²) in [5.74, 6) is 5.19. The number of hydrogen-bond donors (Lipinski definition) is 0. The Morgan fingerprint density at radius 2 is 1.53 bits per heavy atom. The van der Waals surface area contributed by atoms with Crippen LogP contribution in [0.3, 0.4) is 0 Å². The fraction of sp³-hybridized carbons (Fsp3) is 0.625. The molecule has 3 fully saturated rings. The molecule has 0 heteroatoms. The smallest absolute Gasteiger partial charge is 0.0116 e. The molecule has 2 aromatic carbocycles. The van der Waals surface area contributed by atoms with Crippen LogP contribution in [0.5, 0.6) is 0 Å². The second-order valence-corrected chi connectivity index (χ2v) is 11.5. The Kier molecular flexibility index (Phi) is 7.05. The van der Waals surface area contributed by atoms with Gasteiger partial charge in [0.2, 0.25) is 0 Å². The highest BCUT2D eigenvalue weighted by atomic mass is 14.4. The molecule has 172 valence electrons. The maximum Gasteiger partial charge on any atom is -0.0116 e. The monoisotopic (exact) mass is 428 g/mol. The van der Waals surface area contributed by atoms with Crippen molar-refractivity contribution in [3.8, 4) is 0 Å². The van der Waals surface area contributed by atoms with Crippen molar-refractivity contribution in [3.05, 3.63) is 70.8 Å². The molecule has 0 bridgehead atoms. The molecule has 5 atom stereocenters. The van der Waals surface area contributed by atoms with Crippen LogP contribution >= 0.6 is 0 Å². The third-order valence-corrected chi connectivity index (χ3v) is 9.38. The molecule has 5 unspecified atom stereocenters. The molecule has 0 amide bonds. The van der Waals surface area contributed by atoms with E-state index in [9.17, 15) is 0 Å². The summed E-state index contributed by atoms with van der Waals surface area (Å²) in [5, 5.41) is 0. The minimum absolute atomic E-state index is 0.681. The third kappa shape index (κ3) is 4.85. The summed E-state index contributed by atoms with van der Waals surface area (Å²) in [6.45, 7) is 4.81. The van der Waals surface area contributed by atoms with Crippen molar-refractivity contribution in [2.24, 2.45) is 17.8 Å². The molecule has 3 aliphatic rings. The maximum absolute atomic E-state index is 2.54. The van der Waals surface area contributed by atoms with Gasteiger partial charge in [-0.1, -0.05) is 101 Å². The van der Waals surface area contributed by atoms with Gasteiger partial charge in [0.15, 0.2) is 0 Å². The maximum atomic E-state index is 2.54. The summed E-state index contributed by atoms with van der Waals surface area (Å²) in [7, 11) is 0. The van der Waals surface area contributed by atoms with Crippen molar-refractivity contribution in [2.45, 2.75) is 109 Å². The molecule has 2 aromatic rings. The largest absolute Gasteiger partial charge is 0.0648 e. The Labute approximate surface area is 197 Å². The quantitative estimate of drug-likeness (QED) is 0.393. The van der Waals surface area contributed by atoms with Crippen molar-refractivity contribution < 1.29 is 0 Å². The van der Waals surface area contributed by atoms with Crippen LogP contribution in [0, 0.1) is 17.8 Å². The van der Waals surface area contributed by atoms with Gasteiger partial charge in [0.05, 0.1) is 0 Å². The van der Waals surface area contributed by atoms with E-state index in [0.717, 1.165) is 23.7 Å². The number of rotatable bonds is 8. The molecule has 0 saturated heterocycles. The van der Waals surface area contributed by atoms with E-state index in [0.29, 0.717) is 11.8 Å². The molecule has 0 spiro atoms. The number of benzene rings is 2. The van der Waals surface area contributed by atoms with Crippen LogP contribution in [0.25, 0.3) is 0 Å². The van der Waals surface area contributed by atoms with E-state index < -0.39 is 0 Å². The van der Waals surface area contributed by atoms with Gasteiger partial charge in [-0.2, -0.15) is 0 Å². The van der Waals surface area contributed by atoms with Gasteiger partial charge in [-0.05, 0) is 96.3 Å². The lowest BCUT2D eigenvalue weighted by atomic mass is 9.62. The summed E-state index contributed by atoms with van der Waals surface area (Å²) >= 11 is 0. The topological polar surface area (TPSA) is 0 Å². The van der Waals surface area contributed by atoms with E-state index in [2.05, 4.69) is 62.4 Å². The van der Waals surface area contributed by atoms with Gasteiger partial charge < -0.3 is 0 Å². The molecular formula is C32H44. The third-order valence-electron chi connectivity index (χ3n) is 9.38. The molecule has 3 aliphatic carbocycles. The molecule has 0 radical (unpaired) electrons. The molecule has 0 nitrogen and oxygen atoms in total. The highest BCUT2D eigenvalue weighted by Gasteiger charge is 2.37. The molecule has 0 N–H and O–H groups in total. The fourth-order valence-electron chi connectivity index (χ4n) is 7.40. The molecular weight excluding hydrogens is 384 g/mol. The first kappa shape index (κ1) is 22.2. The SMILES string of the molecule is CCC(C)c1cccc(C(Cc2ccccc2)CC2CCCC3CCCCC32)c1C1CC1. The van der Waals surface area contributed by atoms with Gasteiger partial charge in [0.25, 0.3) is 0 Å². The van der Waals surface area contributed by atoms with Crippen molar-refractivity contribution in [1.82, 2.24) is 0 Å². The predicted octanol–water partition coefficient (Wildman–Crippen LogP) is 9.40. The van der Waals surface area contributed by atoms with E-state index in [1.54, 1.807) is 16.7 Å². The Morgan fingerprint density at radius 3 is 2.31 bits per heavy atom. The summed E-state index contributed by atoms with van der Waals surface area (Å²) in [6, 6.07) is 18.8. The van der Waals surface area contributed by atoms with Gasteiger partial charge in [0.1, 0.15) is 0 Å². The summed E-state index contributed by atoms with van der Waals surface area (Å²) in [5.41, 5.74) is 6.71. The molecule has 0 aliphatic heterocycles. The minimum Gasteiger partial charge on any atom is -0.0648 e. The summed E-state index contributed by atoms with van der Waals surface area (Å²) < 4.78 is 0. The highest BCUT2D eigenvalue weighted by molar-refractivity contribution is 5.44. The van der Waals surface area contributed by atoms with Gasteiger partial charge in [-0.3, -0.25) is 0 Å². The van der Waals surface area contributed by atoms with E-state index in [-0.39, 0.29) is 0 Å². The first-order valence-corrected chi connectivity index (χ1v) is 13.9. The van der Waals surface area contributed by atoms with Crippen LogP contribution in [-0.2, 0) is 6.42 Å². The molecule has 3 saturated carbocycles. The Morgan fingerprint density at radius 1 is 0.781 bits per heavy atom. The normalized spacial score (nSPS) is 27.5. The van der Waals surface area contributed by atoms with Gasteiger partial charge in [0, 0.05) is 0 Å². The van der Waals surface area contributed by atoms with Gasteiger partial charge in [-0.15, -0.1) is 0 Å². The van der Waals surface area contributed by atoms with Crippen LogP contribution in [0.1, 0.15) is 124 Å². The average Bonchev–Trinajstić information content (AvgIpc) is 3.69. The average molecular weight is 429 g/mol. The van der Waals surface area contributed by atoms with Crippen molar-refractivity contribution >= 4 is 0 Å². The fourth-order valence-corrected chi connectivity index (χ4v) is 7.40. The lowest BCUT2D eigenvalue weighted by Crippen LogP contribution is -2.32. The van der Waals surface area contributed by atoms with E-state index in [1.807, 2.05) is 0 Å². The highest BCUT2D eigenvalue weighted by Crippen LogP contribution is 2.51. The second kappa shape index (κ2) is 10.1. The lowest BCUT2D eigenvalue weighted by molar-refractivity contribution is 0.0929. The van der Waals surface area contributed by atoms with E-state index in [4.69, 9.17) is 0 Å². The lowest BCUT2D eigenvalue weighted by Gasteiger charge is -2.43.